The van der Waals surface area contributed by atoms with Gasteiger partial charge in [0.15, 0.2) is 0 Å². The fraction of sp³-hybridized carbons (Fsp3) is 0.667. The van der Waals surface area contributed by atoms with Gasteiger partial charge in [0.1, 0.15) is 0 Å². The second-order valence-corrected chi connectivity index (χ2v) is 6.05. The highest BCUT2D eigenvalue weighted by atomic mass is 15.1. The molecule has 112 valence electrons. The Bertz CT molecular complexity index is 364. The molecule has 0 saturated carbocycles. The van der Waals surface area contributed by atoms with Gasteiger partial charge in [-0.05, 0) is 62.5 Å². The Balaban J connectivity index is 1.76. The predicted molar refractivity (Wildman–Crippen MR) is 87.0 cm³/mol. The van der Waals surface area contributed by atoms with Crippen molar-refractivity contribution in [3.05, 3.63) is 35.4 Å². The molecule has 0 atom stereocenters. The zero-order valence-electron chi connectivity index (χ0n) is 13.2. The minimum Gasteiger partial charge on any atom is -0.317 e. The van der Waals surface area contributed by atoms with Crippen molar-refractivity contribution in [1.29, 1.82) is 0 Å². The SMILES string of the molecule is CCNCCc1ccc(CN2CCC(CC)CC2)cc1. The van der Waals surface area contributed by atoms with E-state index in [-0.39, 0.29) is 0 Å². The smallest absolute Gasteiger partial charge is 0.0233 e. The van der Waals surface area contributed by atoms with E-state index < -0.39 is 0 Å². The monoisotopic (exact) mass is 274 g/mol. The van der Waals surface area contributed by atoms with Crippen LogP contribution in [-0.4, -0.2) is 31.1 Å². The fourth-order valence-electron chi connectivity index (χ4n) is 3.03. The first-order valence-corrected chi connectivity index (χ1v) is 8.32. The van der Waals surface area contributed by atoms with Crippen LogP contribution in [-0.2, 0) is 13.0 Å². The lowest BCUT2D eigenvalue weighted by Gasteiger charge is -2.31. The van der Waals surface area contributed by atoms with Crippen LogP contribution >= 0.6 is 0 Å². The average Bonchev–Trinajstić information content (AvgIpc) is 2.50. The zero-order valence-corrected chi connectivity index (χ0v) is 13.2. The first-order chi connectivity index (χ1) is 9.81. The first-order valence-electron chi connectivity index (χ1n) is 8.32. The van der Waals surface area contributed by atoms with Crippen LogP contribution in [0.3, 0.4) is 0 Å². The molecule has 0 spiro atoms. The molecule has 0 aromatic heterocycles. The molecule has 0 unspecified atom stereocenters. The normalized spacial score (nSPS) is 17.5. The maximum atomic E-state index is 3.38. The quantitative estimate of drug-likeness (QED) is 0.766. The third kappa shape index (κ3) is 4.92. The minimum absolute atomic E-state index is 0.972. The highest BCUT2D eigenvalue weighted by Gasteiger charge is 2.17. The highest BCUT2D eigenvalue weighted by Crippen LogP contribution is 2.21. The molecule has 1 aromatic carbocycles. The van der Waals surface area contributed by atoms with Gasteiger partial charge in [0.05, 0.1) is 0 Å². The van der Waals surface area contributed by atoms with Gasteiger partial charge in [0.2, 0.25) is 0 Å². The Morgan fingerprint density at radius 1 is 1.05 bits per heavy atom. The Kier molecular flexibility index (Phi) is 6.55. The molecule has 0 aliphatic carbocycles. The second kappa shape index (κ2) is 8.43. The van der Waals surface area contributed by atoms with E-state index >= 15 is 0 Å². The van der Waals surface area contributed by atoms with E-state index in [0.717, 1.165) is 32.0 Å². The van der Waals surface area contributed by atoms with Gasteiger partial charge in [-0.1, -0.05) is 44.5 Å². The lowest BCUT2D eigenvalue weighted by atomic mass is 9.94. The van der Waals surface area contributed by atoms with E-state index in [1.165, 1.54) is 43.5 Å². The highest BCUT2D eigenvalue weighted by molar-refractivity contribution is 5.22. The number of piperidine rings is 1. The Morgan fingerprint density at radius 2 is 1.70 bits per heavy atom. The van der Waals surface area contributed by atoms with Gasteiger partial charge in [-0.25, -0.2) is 0 Å². The summed E-state index contributed by atoms with van der Waals surface area (Å²) in [5, 5.41) is 3.38. The predicted octanol–water partition coefficient (Wildman–Crippen LogP) is 3.46. The largest absolute Gasteiger partial charge is 0.317 e. The second-order valence-electron chi connectivity index (χ2n) is 6.05. The zero-order chi connectivity index (χ0) is 14.2. The van der Waals surface area contributed by atoms with E-state index in [2.05, 4.69) is 48.3 Å². The molecule has 1 aromatic rings. The fourth-order valence-corrected chi connectivity index (χ4v) is 3.03. The van der Waals surface area contributed by atoms with E-state index in [4.69, 9.17) is 0 Å². The van der Waals surface area contributed by atoms with Crippen molar-refractivity contribution < 1.29 is 0 Å². The standard InChI is InChI=1S/C18H30N2/c1-3-16-10-13-20(14-11-16)15-18-7-5-17(6-8-18)9-12-19-4-2/h5-8,16,19H,3-4,9-15H2,1-2H3. The number of nitrogens with zero attached hydrogens (tertiary/aromatic N) is 1. The van der Waals surface area contributed by atoms with E-state index in [9.17, 15) is 0 Å². The molecule has 0 radical (unpaired) electrons. The molecular weight excluding hydrogens is 244 g/mol. The van der Waals surface area contributed by atoms with Crippen LogP contribution < -0.4 is 5.32 Å². The average molecular weight is 274 g/mol. The van der Waals surface area contributed by atoms with Gasteiger partial charge < -0.3 is 5.32 Å². The third-order valence-electron chi connectivity index (χ3n) is 4.55. The van der Waals surface area contributed by atoms with Crippen LogP contribution in [0.2, 0.25) is 0 Å². The number of hydrogen-bond donors (Lipinski definition) is 1. The summed E-state index contributed by atoms with van der Waals surface area (Å²) in [4.78, 5) is 2.61. The van der Waals surface area contributed by atoms with Crippen LogP contribution in [0, 0.1) is 5.92 Å². The number of nitrogens with one attached hydrogen (secondary N) is 1. The molecule has 2 heteroatoms. The number of hydrogen-bond acceptors (Lipinski definition) is 2. The van der Waals surface area contributed by atoms with E-state index in [0.29, 0.717) is 0 Å². The molecule has 1 saturated heterocycles. The molecule has 1 fully saturated rings. The number of likely N-dealkylation sites (N-methyl/N-ethyl adjacent to an activating group) is 1. The lowest BCUT2D eigenvalue weighted by molar-refractivity contribution is 0.175. The third-order valence-corrected chi connectivity index (χ3v) is 4.55. The molecule has 1 heterocycles. The van der Waals surface area contributed by atoms with Crippen LogP contribution in [0.1, 0.15) is 44.2 Å². The molecule has 1 aliphatic rings. The number of likely N-dealkylation sites (tertiary alicyclic amines) is 1. The van der Waals surface area contributed by atoms with Crippen molar-refractivity contribution in [3.8, 4) is 0 Å². The molecule has 2 nitrogen and oxygen atoms in total. The Morgan fingerprint density at radius 3 is 2.30 bits per heavy atom. The van der Waals surface area contributed by atoms with Gasteiger partial charge in [0.25, 0.3) is 0 Å². The number of benzene rings is 1. The van der Waals surface area contributed by atoms with Crippen LogP contribution in [0.15, 0.2) is 24.3 Å². The van der Waals surface area contributed by atoms with Crippen molar-refractivity contribution in [2.24, 2.45) is 5.92 Å². The molecule has 20 heavy (non-hydrogen) atoms. The van der Waals surface area contributed by atoms with Gasteiger partial charge in [-0.2, -0.15) is 0 Å². The molecule has 1 N–H and O–H groups in total. The number of rotatable bonds is 7. The van der Waals surface area contributed by atoms with Crippen LogP contribution in [0.25, 0.3) is 0 Å². The summed E-state index contributed by atoms with van der Waals surface area (Å²) in [6, 6.07) is 9.22. The van der Waals surface area contributed by atoms with Crippen molar-refractivity contribution in [3.63, 3.8) is 0 Å². The summed E-state index contributed by atoms with van der Waals surface area (Å²) >= 11 is 0. The lowest BCUT2D eigenvalue weighted by Crippen LogP contribution is -2.32. The Labute approximate surface area is 124 Å². The topological polar surface area (TPSA) is 15.3 Å². The molecule has 1 aliphatic heterocycles. The molecular formula is C18H30N2. The summed E-state index contributed by atoms with van der Waals surface area (Å²) in [5.74, 6) is 0.972. The summed E-state index contributed by atoms with van der Waals surface area (Å²) in [6.45, 7) is 10.3. The van der Waals surface area contributed by atoms with Crippen LogP contribution in [0.5, 0.6) is 0 Å². The van der Waals surface area contributed by atoms with Crippen molar-refractivity contribution >= 4 is 0 Å². The van der Waals surface area contributed by atoms with Gasteiger partial charge in [-0.15, -0.1) is 0 Å². The van der Waals surface area contributed by atoms with Gasteiger partial charge in [0, 0.05) is 6.54 Å². The van der Waals surface area contributed by atoms with Crippen LogP contribution in [0.4, 0.5) is 0 Å². The van der Waals surface area contributed by atoms with Crippen molar-refractivity contribution in [1.82, 2.24) is 10.2 Å². The van der Waals surface area contributed by atoms with E-state index in [1.807, 2.05) is 0 Å². The van der Waals surface area contributed by atoms with Crippen molar-refractivity contribution in [2.45, 2.75) is 46.1 Å². The van der Waals surface area contributed by atoms with E-state index in [1.54, 1.807) is 0 Å². The maximum Gasteiger partial charge on any atom is 0.0233 e. The van der Waals surface area contributed by atoms with Crippen molar-refractivity contribution in [2.75, 3.05) is 26.2 Å². The van der Waals surface area contributed by atoms with Gasteiger partial charge in [-0.3, -0.25) is 4.90 Å². The summed E-state index contributed by atoms with van der Waals surface area (Å²) in [5.41, 5.74) is 2.91. The summed E-state index contributed by atoms with van der Waals surface area (Å²) in [7, 11) is 0. The summed E-state index contributed by atoms with van der Waals surface area (Å²) in [6.07, 6.45) is 5.26. The molecule has 0 bridgehead atoms. The Hall–Kier alpha value is -0.860. The van der Waals surface area contributed by atoms with Gasteiger partial charge >= 0.3 is 0 Å². The summed E-state index contributed by atoms with van der Waals surface area (Å²) < 4.78 is 0. The molecule has 0 amide bonds. The minimum atomic E-state index is 0.972. The first kappa shape index (κ1) is 15.5. The maximum absolute atomic E-state index is 3.38. The molecule has 2 rings (SSSR count).